The zero-order valence-corrected chi connectivity index (χ0v) is 17.0. The first-order chi connectivity index (χ1) is 12.7. The Morgan fingerprint density at radius 1 is 1.33 bits per heavy atom. The van der Waals surface area contributed by atoms with Crippen molar-refractivity contribution in [1.29, 1.82) is 0 Å². The number of hydrogen-bond donors (Lipinski definition) is 0. The van der Waals surface area contributed by atoms with E-state index >= 15 is 0 Å². The van der Waals surface area contributed by atoms with Gasteiger partial charge in [0, 0.05) is 19.6 Å². The van der Waals surface area contributed by atoms with Gasteiger partial charge >= 0.3 is 5.97 Å². The van der Waals surface area contributed by atoms with E-state index in [1.165, 1.54) is 26.3 Å². The van der Waals surface area contributed by atoms with Crippen molar-refractivity contribution in [2.75, 3.05) is 27.3 Å². The third-order valence-corrected chi connectivity index (χ3v) is 6.51. The molecule has 0 aromatic heterocycles. The third kappa shape index (κ3) is 4.98. The number of ether oxygens (including phenoxy) is 1. The number of carbonyl (C=O) groups is 2. The molecule has 1 saturated heterocycles. The van der Waals surface area contributed by atoms with Crippen molar-refractivity contribution in [3.63, 3.8) is 0 Å². The number of halogens is 1. The summed E-state index contributed by atoms with van der Waals surface area (Å²) >= 11 is 6.01. The molecule has 0 saturated carbocycles. The quantitative estimate of drug-likeness (QED) is 0.518. The summed E-state index contributed by atoms with van der Waals surface area (Å²) in [5.41, 5.74) is -0.137. The van der Waals surface area contributed by atoms with Crippen LogP contribution in [0, 0.1) is 0 Å². The van der Waals surface area contributed by atoms with Crippen molar-refractivity contribution < 1.29 is 27.6 Å². The van der Waals surface area contributed by atoms with Crippen LogP contribution >= 0.6 is 11.6 Å². The number of hydrogen-bond acceptors (Lipinski definition) is 6. The molecule has 10 heteroatoms. The number of likely N-dealkylation sites (tertiary alicyclic amines) is 1. The largest absolute Gasteiger partial charge is 0.452 e. The first-order valence-electron chi connectivity index (χ1n) is 8.47. The molecule has 1 heterocycles. The molecular formula is C17H23ClN2O6S. The topological polar surface area (TPSA) is 93.2 Å². The average molecular weight is 419 g/mol. The Kier molecular flexibility index (Phi) is 7.21. The summed E-state index contributed by atoms with van der Waals surface area (Å²) in [6.45, 7) is 2.17. The lowest BCUT2D eigenvalue weighted by Crippen LogP contribution is -2.44. The van der Waals surface area contributed by atoms with Gasteiger partial charge in [-0.1, -0.05) is 16.1 Å². The maximum absolute atomic E-state index is 12.3. The number of nitrogens with zero attached hydrogens (tertiary/aromatic N) is 2. The SMILES string of the molecule is CON(C)S(=O)(=O)c1ccc(Cl)c(C(=O)OCC(=O)N2CCCC[C@@H]2C)c1. The lowest BCUT2D eigenvalue weighted by atomic mass is 10.0. The Balaban J connectivity index is 2.12. The van der Waals surface area contributed by atoms with Crippen LogP contribution in [0.2, 0.25) is 5.02 Å². The highest BCUT2D eigenvalue weighted by atomic mass is 35.5. The van der Waals surface area contributed by atoms with Gasteiger partial charge in [0.15, 0.2) is 6.61 Å². The molecule has 0 unspecified atom stereocenters. The Bertz CT molecular complexity index is 814. The molecule has 0 spiro atoms. The zero-order chi connectivity index (χ0) is 20.2. The molecule has 8 nitrogen and oxygen atoms in total. The summed E-state index contributed by atoms with van der Waals surface area (Å²) in [5.74, 6) is -1.15. The van der Waals surface area contributed by atoms with Crippen molar-refractivity contribution in [1.82, 2.24) is 9.37 Å². The van der Waals surface area contributed by atoms with Gasteiger partial charge in [-0.15, -0.1) is 0 Å². The Labute approximate surface area is 164 Å². The Hall–Kier alpha value is -1.68. The van der Waals surface area contributed by atoms with Gasteiger partial charge in [0.1, 0.15) is 0 Å². The highest BCUT2D eigenvalue weighted by Crippen LogP contribution is 2.23. The van der Waals surface area contributed by atoms with E-state index in [-0.39, 0.29) is 27.4 Å². The lowest BCUT2D eigenvalue weighted by Gasteiger charge is -2.33. The molecule has 1 aliphatic heterocycles. The van der Waals surface area contributed by atoms with E-state index in [9.17, 15) is 18.0 Å². The molecule has 1 fully saturated rings. The van der Waals surface area contributed by atoms with Gasteiger partial charge in [0.25, 0.3) is 15.9 Å². The Morgan fingerprint density at radius 3 is 2.67 bits per heavy atom. The van der Waals surface area contributed by atoms with Crippen molar-refractivity contribution >= 4 is 33.5 Å². The first kappa shape index (κ1) is 21.6. The molecule has 150 valence electrons. The van der Waals surface area contributed by atoms with E-state index < -0.39 is 22.6 Å². The van der Waals surface area contributed by atoms with Crippen LogP contribution in [-0.4, -0.2) is 63.0 Å². The Morgan fingerprint density at radius 2 is 2.04 bits per heavy atom. The maximum atomic E-state index is 12.3. The summed E-state index contributed by atoms with van der Waals surface area (Å²) in [7, 11) is -1.52. The predicted molar refractivity (Wildman–Crippen MR) is 98.7 cm³/mol. The number of hydroxylamine groups is 1. The average Bonchev–Trinajstić information content (AvgIpc) is 2.65. The lowest BCUT2D eigenvalue weighted by molar-refractivity contribution is -0.137. The van der Waals surface area contributed by atoms with Gasteiger partial charge < -0.3 is 9.64 Å². The van der Waals surface area contributed by atoms with Gasteiger partial charge in [-0.25, -0.2) is 13.2 Å². The molecule has 1 aromatic rings. The zero-order valence-electron chi connectivity index (χ0n) is 15.5. The number of amides is 1. The third-order valence-electron chi connectivity index (χ3n) is 4.50. The van der Waals surface area contributed by atoms with Crippen LogP contribution in [0.3, 0.4) is 0 Å². The minimum absolute atomic E-state index is 0.0257. The number of rotatable bonds is 6. The normalized spacial score (nSPS) is 17.8. The van der Waals surface area contributed by atoms with Gasteiger partial charge in [-0.2, -0.15) is 0 Å². The number of benzene rings is 1. The molecule has 0 radical (unpaired) electrons. The number of piperidine rings is 1. The highest BCUT2D eigenvalue weighted by molar-refractivity contribution is 7.89. The van der Waals surface area contributed by atoms with E-state index in [4.69, 9.17) is 21.2 Å². The number of esters is 1. The number of carbonyl (C=O) groups excluding carboxylic acids is 2. The van der Waals surface area contributed by atoms with E-state index in [1.807, 2.05) is 6.92 Å². The summed E-state index contributed by atoms with van der Waals surface area (Å²) in [6.07, 6.45) is 2.90. The van der Waals surface area contributed by atoms with Crippen LogP contribution in [-0.2, 0) is 24.4 Å². The van der Waals surface area contributed by atoms with Gasteiger partial charge in [-0.3, -0.25) is 9.63 Å². The molecule has 0 aliphatic carbocycles. The van der Waals surface area contributed by atoms with Crippen LogP contribution in [0.1, 0.15) is 36.5 Å². The fraction of sp³-hybridized carbons (Fsp3) is 0.529. The fourth-order valence-corrected chi connectivity index (χ4v) is 4.02. The van der Waals surface area contributed by atoms with E-state index in [0.29, 0.717) is 11.0 Å². The van der Waals surface area contributed by atoms with Crippen molar-refractivity contribution in [3.8, 4) is 0 Å². The monoisotopic (exact) mass is 418 g/mol. The molecular weight excluding hydrogens is 396 g/mol. The standard InChI is InChI=1S/C17H23ClN2O6S/c1-12-6-4-5-9-20(12)16(21)11-26-17(22)14-10-13(7-8-15(14)18)27(23,24)19(2)25-3/h7-8,10,12H,4-6,9,11H2,1-3H3/t12-/m0/s1. The van der Waals surface area contributed by atoms with Gasteiger partial charge in [-0.05, 0) is 44.4 Å². The second-order valence-corrected chi connectivity index (χ2v) is 8.59. The van der Waals surface area contributed by atoms with Crippen molar-refractivity contribution in [2.45, 2.75) is 37.1 Å². The summed E-state index contributed by atoms with van der Waals surface area (Å²) in [6, 6.07) is 3.74. The number of sulfonamides is 1. The van der Waals surface area contributed by atoms with Gasteiger partial charge in [0.2, 0.25) is 0 Å². The molecule has 0 N–H and O–H groups in total. The highest BCUT2D eigenvalue weighted by Gasteiger charge is 2.26. The minimum atomic E-state index is -3.95. The molecule has 2 rings (SSSR count). The van der Waals surface area contributed by atoms with E-state index in [0.717, 1.165) is 25.3 Å². The predicted octanol–water partition coefficient (Wildman–Crippen LogP) is 2.08. The summed E-state index contributed by atoms with van der Waals surface area (Å²) in [5, 5.41) is 0.0257. The van der Waals surface area contributed by atoms with E-state index in [1.54, 1.807) is 4.90 Å². The molecule has 1 amide bonds. The minimum Gasteiger partial charge on any atom is -0.452 e. The molecule has 1 atom stereocenters. The van der Waals surface area contributed by atoms with Crippen LogP contribution < -0.4 is 0 Å². The van der Waals surface area contributed by atoms with E-state index in [2.05, 4.69) is 0 Å². The smallest absolute Gasteiger partial charge is 0.340 e. The second-order valence-electron chi connectivity index (χ2n) is 6.25. The molecule has 1 aliphatic rings. The first-order valence-corrected chi connectivity index (χ1v) is 10.3. The summed E-state index contributed by atoms with van der Waals surface area (Å²) in [4.78, 5) is 30.8. The fourth-order valence-electron chi connectivity index (χ4n) is 2.82. The second kappa shape index (κ2) is 9.01. The van der Waals surface area contributed by atoms with Crippen molar-refractivity contribution in [3.05, 3.63) is 28.8 Å². The van der Waals surface area contributed by atoms with Crippen LogP contribution in [0.25, 0.3) is 0 Å². The molecule has 27 heavy (non-hydrogen) atoms. The molecule has 0 bridgehead atoms. The maximum Gasteiger partial charge on any atom is 0.340 e. The molecule has 1 aromatic carbocycles. The van der Waals surface area contributed by atoms with Crippen molar-refractivity contribution in [2.24, 2.45) is 0 Å². The van der Waals surface area contributed by atoms with Crippen LogP contribution in [0.15, 0.2) is 23.1 Å². The summed E-state index contributed by atoms with van der Waals surface area (Å²) < 4.78 is 30.3. The van der Waals surface area contributed by atoms with Gasteiger partial charge in [0.05, 0.1) is 22.6 Å². The van der Waals surface area contributed by atoms with Crippen LogP contribution in [0.5, 0.6) is 0 Å². The van der Waals surface area contributed by atoms with Crippen LogP contribution in [0.4, 0.5) is 0 Å².